The minimum atomic E-state index is 0. The smallest absolute Gasteiger partial charge is 0.191 e. The van der Waals surface area contributed by atoms with Crippen LogP contribution >= 0.6 is 39.9 Å². The number of nitrogens with one attached hydrogen (secondary N) is 2. The van der Waals surface area contributed by atoms with Gasteiger partial charge in [-0.15, -0.1) is 24.0 Å². The van der Waals surface area contributed by atoms with Gasteiger partial charge in [0.25, 0.3) is 0 Å². The first-order valence-corrected chi connectivity index (χ1v) is 9.78. The van der Waals surface area contributed by atoms with Gasteiger partial charge in [0.05, 0.1) is 18.1 Å². The quantitative estimate of drug-likeness (QED) is 0.234. The van der Waals surface area contributed by atoms with Crippen LogP contribution in [0.15, 0.2) is 27.7 Å². The monoisotopic (exact) mass is 541 g/mol. The molecule has 0 bridgehead atoms. The Balaban J connectivity index is 0.00000625. The third kappa shape index (κ3) is 8.00. The van der Waals surface area contributed by atoms with E-state index in [-0.39, 0.29) is 36.0 Å². The lowest BCUT2D eigenvalue weighted by atomic mass is 9.79. The maximum Gasteiger partial charge on any atom is 0.191 e. The highest BCUT2D eigenvalue weighted by atomic mass is 127. The molecule has 0 saturated heterocycles. The average Bonchev–Trinajstić information content (AvgIpc) is 2.63. The summed E-state index contributed by atoms with van der Waals surface area (Å²) in [7, 11) is 1.66. The van der Waals surface area contributed by atoms with Gasteiger partial charge in [0.1, 0.15) is 5.75 Å². The van der Waals surface area contributed by atoms with E-state index in [1.165, 1.54) is 0 Å². The fourth-order valence-corrected chi connectivity index (χ4v) is 3.36. The van der Waals surface area contributed by atoms with Gasteiger partial charge in [0, 0.05) is 19.7 Å². The zero-order chi connectivity index (χ0) is 18.7. The zero-order valence-electron chi connectivity index (χ0n) is 16.3. The van der Waals surface area contributed by atoms with Gasteiger partial charge in [-0.1, -0.05) is 19.9 Å². The van der Waals surface area contributed by atoms with Crippen molar-refractivity contribution in [2.24, 2.45) is 10.4 Å². The standard InChI is InChI=1S/C19H32BrN3O2.HI/c1-5-19(6-2,10-11-24)14-23-18(21-7-3)22-13-15-8-9-17(25-4)16(20)12-15;/h8-9,12,24H,5-7,10-11,13-14H2,1-4H3,(H2,21,22,23);1H. The fourth-order valence-electron chi connectivity index (χ4n) is 2.77. The number of aliphatic hydroxyl groups is 1. The van der Waals surface area contributed by atoms with Crippen LogP contribution in [-0.4, -0.2) is 37.9 Å². The van der Waals surface area contributed by atoms with Crippen LogP contribution in [0, 0.1) is 5.41 Å². The highest BCUT2D eigenvalue weighted by molar-refractivity contribution is 14.0. The molecule has 0 aliphatic carbocycles. The molecule has 0 aliphatic heterocycles. The van der Waals surface area contributed by atoms with Crippen molar-refractivity contribution in [1.82, 2.24) is 10.6 Å². The summed E-state index contributed by atoms with van der Waals surface area (Å²) in [5.41, 5.74) is 1.21. The van der Waals surface area contributed by atoms with E-state index in [2.05, 4.69) is 52.3 Å². The Bertz CT molecular complexity index is 552. The number of aliphatic hydroxyl groups excluding tert-OH is 1. The van der Waals surface area contributed by atoms with Gasteiger partial charge in [-0.3, -0.25) is 0 Å². The fraction of sp³-hybridized carbons (Fsp3) is 0.632. The number of benzene rings is 1. The van der Waals surface area contributed by atoms with E-state index in [0.717, 1.165) is 54.1 Å². The molecule has 3 N–H and O–H groups in total. The van der Waals surface area contributed by atoms with E-state index >= 15 is 0 Å². The average molecular weight is 542 g/mol. The summed E-state index contributed by atoms with van der Waals surface area (Å²) >= 11 is 3.51. The van der Waals surface area contributed by atoms with Crippen molar-refractivity contribution < 1.29 is 9.84 Å². The van der Waals surface area contributed by atoms with Crippen molar-refractivity contribution in [2.45, 2.75) is 46.6 Å². The van der Waals surface area contributed by atoms with Crippen LogP contribution in [0.25, 0.3) is 0 Å². The Kier molecular flexibility index (Phi) is 13.3. The topological polar surface area (TPSA) is 65.9 Å². The first-order chi connectivity index (χ1) is 12.0. The molecule has 0 spiro atoms. The SMILES string of the molecule is CCNC(=NCc1ccc(OC)c(Br)c1)NCC(CC)(CC)CCO.I. The number of aliphatic imine (C=N–C) groups is 1. The summed E-state index contributed by atoms with van der Waals surface area (Å²) in [4.78, 5) is 4.68. The van der Waals surface area contributed by atoms with Crippen LogP contribution in [0.5, 0.6) is 5.75 Å². The van der Waals surface area contributed by atoms with E-state index < -0.39 is 0 Å². The van der Waals surface area contributed by atoms with Crippen molar-refractivity contribution in [3.05, 3.63) is 28.2 Å². The Hall–Kier alpha value is -0.540. The van der Waals surface area contributed by atoms with E-state index in [1.807, 2.05) is 18.2 Å². The Morgan fingerprint density at radius 2 is 1.92 bits per heavy atom. The summed E-state index contributed by atoms with van der Waals surface area (Å²) in [6, 6.07) is 5.99. The van der Waals surface area contributed by atoms with E-state index in [1.54, 1.807) is 7.11 Å². The lowest BCUT2D eigenvalue weighted by Gasteiger charge is -2.32. The molecule has 150 valence electrons. The summed E-state index contributed by atoms with van der Waals surface area (Å²) < 4.78 is 6.19. The second-order valence-corrected chi connectivity index (χ2v) is 7.05. The number of halogens is 2. The second kappa shape index (κ2) is 13.6. The number of hydrogen-bond donors (Lipinski definition) is 3. The second-order valence-electron chi connectivity index (χ2n) is 6.20. The maximum atomic E-state index is 9.37. The molecule has 0 amide bonds. The van der Waals surface area contributed by atoms with Crippen molar-refractivity contribution in [3.63, 3.8) is 0 Å². The molecule has 1 aromatic rings. The molecule has 0 aromatic heterocycles. The number of rotatable bonds is 10. The van der Waals surface area contributed by atoms with Crippen LogP contribution < -0.4 is 15.4 Å². The van der Waals surface area contributed by atoms with Gasteiger partial charge in [-0.2, -0.15) is 0 Å². The molecule has 0 radical (unpaired) electrons. The Morgan fingerprint density at radius 1 is 1.23 bits per heavy atom. The van der Waals surface area contributed by atoms with Crippen molar-refractivity contribution in [1.29, 1.82) is 0 Å². The van der Waals surface area contributed by atoms with Crippen molar-refractivity contribution in [3.8, 4) is 5.75 Å². The van der Waals surface area contributed by atoms with Gasteiger partial charge in [0.15, 0.2) is 5.96 Å². The largest absolute Gasteiger partial charge is 0.496 e. The predicted octanol–water partition coefficient (Wildman–Crippen LogP) is 4.32. The summed E-state index contributed by atoms with van der Waals surface area (Å²) in [6.07, 6.45) is 2.86. The first kappa shape index (κ1) is 25.5. The molecular formula is C19H33BrIN3O2. The Labute approximate surface area is 183 Å². The molecule has 0 atom stereocenters. The molecule has 0 unspecified atom stereocenters. The van der Waals surface area contributed by atoms with Crippen LogP contribution in [-0.2, 0) is 6.54 Å². The molecule has 0 aliphatic rings. The normalized spacial score (nSPS) is 11.7. The highest BCUT2D eigenvalue weighted by Crippen LogP contribution is 2.29. The van der Waals surface area contributed by atoms with E-state index in [0.29, 0.717) is 6.54 Å². The maximum absolute atomic E-state index is 9.37. The lowest BCUT2D eigenvalue weighted by molar-refractivity contribution is 0.169. The molecule has 7 heteroatoms. The molecule has 0 heterocycles. The lowest BCUT2D eigenvalue weighted by Crippen LogP contribution is -2.43. The van der Waals surface area contributed by atoms with Gasteiger partial charge in [0.2, 0.25) is 0 Å². The van der Waals surface area contributed by atoms with E-state index in [4.69, 9.17) is 4.74 Å². The number of ether oxygens (including phenoxy) is 1. The van der Waals surface area contributed by atoms with Crippen LogP contribution in [0.3, 0.4) is 0 Å². The minimum Gasteiger partial charge on any atom is -0.496 e. The van der Waals surface area contributed by atoms with Crippen molar-refractivity contribution in [2.75, 3.05) is 26.8 Å². The van der Waals surface area contributed by atoms with Gasteiger partial charge >= 0.3 is 0 Å². The third-order valence-corrected chi connectivity index (χ3v) is 5.37. The van der Waals surface area contributed by atoms with Gasteiger partial charge < -0.3 is 20.5 Å². The molecule has 1 aromatic carbocycles. The van der Waals surface area contributed by atoms with Crippen LogP contribution in [0.2, 0.25) is 0 Å². The van der Waals surface area contributed by atoms with E-state index in [9.17, 15) is 5.11 Å². The third-order valence-electron chi connectivity index (χ3n) is 4.75. The minimum absolute atomic E-state index is 0. The highest BCUT2D eigenvalue weighted by Gasteiger charge is 2.25. The van der Waals surface area contributed by atoms with Crippen LogP contribution in [0.4, 0.5) is 0 Å². The molecular weight excluding hydrogens is 509 g/mol. The van der Waals surface area contributed by atoms with Gasteiger partial charge in [-0.25, -0.2) is 4.99 Å². The number of methoxy groups -OCH3 is 1. The summed E-state index contributed by atoms with van der Waals surface area (Å²) in [5, 5.41) is 16.1. The van der Waals surface area contributed by atoms with Crippen molar-refractivity contribution >= 4 is 45.9 Å². The summed E-state index contributed by atoms with van der Waals surface area (Å²) in [5.74, 6) is 1.62. The zero-order valence-corrected chi connectivity index (χ0v) is 20.2. The molecule has 0 fully saturated rings. The molecule has 1 rings (SSSR count). The molecule has 0 saturated carbocycles. The Morgan fingerprint density at radius 3 is 2.42 bits per heavy atom. The molecule has 5 nitrogen and oxygen atoms in total. The summed E-state index contributed by atoms with van der Waals surface area (Å²) in [6.45, 7) is 8.84. The number of nitrogens with zero attached hydrogens (tertiary/aromatic N) is 1. The first-order valence-electron chi connectivity index (χ1n) is 8.99. The number of hydrogen-bond acceptors (Lipinski definition) is 3. The van der Waals surface area contributed by atoms with Gasteiger partial charge in [-0.05, 0) is 65.2 Å². The number of guanidine groups is 1. The van der Waals surface area contributed by atoms with Crippen LogP contribution in [0.1, 0.15) is 45.6 Å². The molecule has 26 heavy (non-hydrogen) atoms. The predicted molar refractivity (Wildman–Crippen MR) is 124 cm³/mol.